The lowest BCUT2D eigenvalue weighted by Crippen LogP contribution is -2.16. The number of carbonyl (C=O) groups excluding carboxylic acids is 1. The molecule has 1 unspecified atom stereocenters. The topological polar surface area (TPSA) is 56.1 Å². The molecule has 1 aliphatic heterocycles. The molecule has 0 aromatic carbocycles. The number of nitrogens with one attached hydrogen (secondary N) is 1. The van der Waals surface area contributed by atoms with Crippen molar-refractivity contribution in [3.05, 3.63) is 17.5 Å². The molecule has 15 heavy (non-hydrogen) atoms. The first-order valence-electron chi connectivity index (χ1n) is 5.08. The van der Waals surface area contributed by atoms with Crippen molar-refractivity contribution >= 4 is 5.97 Å². The highest BCUT2D eigenvalue weighted by Gasteiger charge is 2.22. The molecule has 82 valence electrons. The Morgan fingerprint density at radius 3 is 3.13 bits per heavy atom. The van der Waals surface area contributed by atoms with E-state index in [1.807, 2.05) is 7.05 Å². The molecule has 5 nitrogen and oxygen atoms in total. The van der Waals surface area contributed by atoms with Gasteiger partial charge in [0.25, 0.3) is 0 Å². The molecule has 0 spiro atoms. The maximum absolute atomic E-state index is 11.3. The van der Waals surface area contributed by atoms with Crippen LogP contribution in [0.15, 0.2) is 6.07 Å². The van der Waals surface area contributed by atoms with Gasteiger partial charge in [-0.2, -0.15) is 5.10 Å². The minimum Gasteiger partial charge on any atom is -0.464 e. The summed E-state index contributed by atoms with van der Waals surface area (Å²) in [6.45, 7) is 1.03. The maximum Gasteiger partial charge on any atom is 0.358 e. The zero-order valence-corrected chi connectivity index (χ0v) is 8.99. The van der Waals surface area contributed by atoms with Crippen molar-refractivity contribution in [1.29, 1.82) is 0 Å². The van der Waals surface area contributed by atoms with Crippen molar-refractivity contribution in [2.24, 2.45) is 7.05 Å². The van der Waals surface area contributed by atoms with Crippen LogP contribution in [-0.4, -0.2) is 29.4 Å². The first kappa shape index (κ1) is 10.2. The number of rotatable bonds is 2. The second-order valence-corrected chi connectivity index (χ2v) is 3.72. The molecule has 1 aromatic heterocycles. The van der Waals surface area contributed by atoms with E-state index in [4.69, 9.17) is 0 Å². The van der Waals surface area contributed by atoms with Gasteiger partial charge in [-0.05, 0) is 25.5 Å². The fourth-order valence-electron chi connectivity index (χ4n) is 1.95. The Kier molecular flexibility index (Phi) is 2.73. The minimum absolute atomic E-state index is 0.320. The molecule has 1 saturated heterocycles. The van der Waals surface area contributed by atoms with Crippen LogP contribution in [0, 0.1) is 0 Å². The van der Waals surface area contributed by atoms with Gasteiger partial charge in [0.2, 0.25) is 0 Å². The summed E-state index contributed by atoms with van der Waals surface area (Å²) in [7, 11) is 3.21. The Morgan fingerprint density at radius 1 is 1.73 bits per heavy atom. The number of hydrogen-bond donors (Lipinski definition) is 1. The Morgan fingerprint density at radius 2 is 2.53 bits per heavy atom. The molecule has 2 rings (SSSR count). The van der Waals surface area contributed by atoms with Crippen molar-refractivity contribution in [3.63, 3.8) is 0 Å². The molecular weight excluding hydrogens is 194 g/mol. The largest absolute Gasteiger partial charge is 0.464 e. The highest BCUT2D eigenvalue weighted by molar-refractivity contribution is 5.87. The SMILES string of the molecule is COC(=O)c1cc(C2CCCN2)n(C)n1. The van der Waals surface area contributed by atoms with Gasteiger partial charge in [-0.25, -0.2) is 4.79 Å². The Labute approximate surface area is 88.4 Å². The van der Waals surface area contributed by atoms with E-state index in [9.17, 15) is 4.79 Å². The molecule has 2 heterocycles. The molecule has 1 atom stereocenters. The monoisotopic (exact) mass is 209 g/mol. The molecule has 1 aliphatic rings. The van der Waals surface area contributed by atoms with Crippen molar-refractivity contribution in [2.45, 2.75) is 18.9 Å². The van der Waals surface area contributed by atoms with E-state index >= 15 is 0 Å². The fraction of sp³-hybridized carbons (Fsp3) is 0.600. The number of hydrogen-bond acceptors (Lipinski definition) is 4. The second-order valence-electron chi connectivity index (χ2n) is 3.72. The number of carbonyl (C=O) groups is 1. The van der Waals surface area contributed by atoms with Crippen molar-refractivity contribution in [1.82, 2.24) is 15.1 Å². The first-order valence-corrected chi connectivity index (χ1v) is 5.08. The van der Waals surface area contributed by atoms with Crippen LogP contribution in [0.1, 0.15) is 35.1 Å². The summed E-state index contributed by atoms with van der Waals surface area (Å²) in [5.41, 5.74) is 1.43. The van der Waals surface area contributed by atoms with Gasteiger partial charge in [0.05, 0.1) is 12.8 Å². The summed E-state index contributed by atoms with van der Waals surface area (Å²) in [5.74, 6) is -0.380. The quantitative estimate of drug-likeness (QED) is 0.726. The van der Waals surface area contributed by atoms with E-state index in [0.717, 1.165) is 18.7 Å². The Bertz CT molecular complexity index is 367. The van der Waals surface area contributed by atoms with Crippen LogP contribution in [0.5, 0.6) is 0 Å². The molecule has 0 saturated carbocycles. The lowest BCUT2D eigenvalue weighted by atomic mass is 10.1. The van der Waals surface area contributed by atoms with Gasteiger partial charge in [0.15, 0.2) is 5.69 Å². The number of aryl methyl sites for hydroxylation is 1. The first-order chi connectivity index (χ1) is 7.22. The number of aromatic nitrogens is 2. The van der Waals surface area contributed by atoms with E-state index in [1.165, 1.54) is 13.5 Å². The van der Waals surface area contributed by atoms with Gasteiger partial charge >= 0.3 is 5.97 Å². The van der Waals surface area contributed by atoms with Crippen LogP contribution in [0.2, 0.25) is 0 Å². The predicted octanol–water partition coefficient (Wildman–Crippen LogP) is 0.631. The number of nitrogens with zero attached hydrogens (tertiary/aromatic N) is 2. The summed E-state index contributed by atoms with van der Waals surface area (Å²) in [6.07, 6.45) is 2.27. The summed E-state index contributed by atoms with van der Waals surface area (Å²) in [5, 5.41) is 7.50. The predicted molar refractivity (Wildman–Crippen MR) is 54.5 cm³/mol. The standard InChI is InChI=1S/C10H15N3O2/c1-13-9(7-4-3-5-11-7)6-8(12-13)10(14)15-2/h6-7,11H,3-5H2,1-2H3. The molecule has 0 aliphatic carbocycles. The number of methoxy groups -OCH3 is 1. The van der Waals surface area contributed by atoms with Crippen LogP contribution in [-0.2, 0) is 11.8 Å². The third kappa shape index (κ3) is 1.87. The highest BCUT2D eigenvalue weighted by Crippen LogP contribution is 2.23. The third-order valence-corrected chi connectivity index (χ3v) is 2.73. The minimum atomic E-state index is -0.380. The fourth-order valence-corrected chi connectivity index (χ4v) is 1.95. The van der Waals surface area contributed by atoms with E-state index < -0.39 is 0 Å². The Balaban J connectivity index is 2.24. The van der Waals surface area contributed by atoms with Crippen LogP contribution in [0.25, 0.3) is 0 Å². The van der Waals surface area contributed by atoms with Crippen LogP contribution < -0.4 is 5.32 Å². The summed E-state index contributed by atoms with van der Waals surface area (Å²) < 4.78 is 6.38. The van der Waals surface area contributed by atoms with Crippen molar-refractivity contribution in [2.75, 3.05) is 13.7 Å². The molecule has 1 fully saturated rings. The van der Waals surface area contributed by atoms with Crippen molar-refractivity contribution in [3.8, 4) is 0 Å². The molecule has 1 N–H and O–H groups in total. The van der Waals surface area contributed by atoms with Gasteiger partial charge in [-0.3, -0.25) is 4.68 Å². The van der Waals surface area contributed by atoms with Gasteiger partial charge in [0.1, 0.15) is 0 Å². The highest BCUT2D eigenvalue weighted by atomic mass is 16.5. The smallest absolute Gasteiger partial charge is 0.358 e. The molecule has 1 aromatic rings. The molecule has 0 amide bonds. The zero-order valence-electron chi connectivity index (χ0n) is 8.99. The second kappa shape index (κ2) is 4.02. The van der Waals surface area contributed by atoms with Gasteiger partial charge in [-0.15, -0.1) is 0 Å². The molecule has 5 heteroatoms. The maximum atomic E-state index is 11.3. The van der Waals surface area contributed by atoms with E-state index in [-0.39, 0.29) is 5.97 Å². The van der Waals surface area contributed by atoms with E-state index in [1.54, 1.807) is 10.7 Å². The third-order valence-electron chi connectivity index (χ3n) is 2.73. The van der Waals surface area contributed by atoms with E-state index in [0.29, 0.717) is 11.7 Å². The molecular formula is C10H15N3O2. The summed E-state index contributed by atoms with van der Waals surface area (Å²) in [4.78, 5) is 11.3. The van der Waals surface area contributed by atoms with Gasteiger partial charge < -0.3 is 10.1 Å². The lowest BCUT2D eigenvalue weighted by Gasteiger charge is -2.09. The van der Waals surface area contributed by atoms with Crippen LogP contribution in [0.4, 0.5) is 0 Å². The van der Waals surface area contributed by atoms with E-state index in [2.05, 4.69) is 15.2 Å². The average Bonchev–Trinajstić information content (AvgIpc) is 2.84. The summed E-state index contributed by atoms with van der Waals surface area (Å²) in [6, 6.07) is 2.12. The normalized spacial score (nSPS) is 20.5. The number of ether oxygens (including phenoxy) is 1. The zero-order chi connectivity index (χ0) is 10.8. The van der Waals surface area contributed by atoms with Gasteiger partial charge in [-0.1, -0.05) is 0 Å². The molecule has 0 radical (unpaired) electrons. The van der Waals surface area contributed by atoms with Crippen LogP contribution in [0.3, 0.4) is 0 Å². The summed E-state index contributed by atoms with van der Waals surface area (Å²) >= 11 is 0. The molecule has 0 bridgehead atoms. The van der Waals surface area contributed by atoms with Gasteiger partial charge in [0, 0.05) is 13.1 Å². The average molecular weight is 209 g/mol. The van der Waals surface area contributed by atoms with Crippen LogP contribution >= 0.6 is 0 Å². The Hall–Kier alpha value is -1.36. The lowest BCUT2D eigenvalue weighted by molar-refractivity contribution is 0.0593. The van der Waals surface area contributed by atoms with Crippen molar-refractivity contribution < 1.29 is 9.53 Å². The number of esters is 1.